The molecule has 1 aliphatic carbocycles. The van der Waals surface area contributed by atoms with Gasteiger partial charge in [-0.05, 0) is 31.9 Å². The Morgan fingerprint density at radius 1 is 1.22 bits per heavy atom. The van der Waals surface area contributed by atoms with Gasteiger partial charge in [0.25, 0.3) is 0 Å². The predicted molar refractivity (Wildman–Crippen MR) is 66.6 cm³/mol. The summed E-state index contributed by atoms with van der Waals surface area (Å²) in [5, 5.41) is 0. The molecule has 3 rings (SSSR count). The number of nitrogens with zero attached hydrogens (tertiary/aromatic N) is 1. The number of aryl methyl sites for hydroxylation is 1. The van der Waals surface area contributed by atoms with E-state index in [0.29, 0.717) is 6.42 Å². The largest absolute Gasteiger partial charge is 0.298 e. The normalized spacial score (nSPS) is 30.9. The van der Waals surface area contributed by atoms with Crippen molar-refractivity contribution in [3.05, 3.63) is 29.8 Å². The molecule has 2 aliphatic rings. The third-order valence-electron chi connectivity index (χ3n) is 3.73. The Morgan fingerprint density at radius 2 is 1.89 bits per heavy atom. The molecule has 3 atom stereocenters. The maximum absolute atomic E-state index is 12.4. The molecule has 0 spiro atoms. The number of ketones is 1. The highest BCUT2D eigenvalue weighted by Crippen LogP contribution is 2.42. The van der Waals surface area contributed by atoms with Crippen LogP contribution in [-0.4, -0.2) is 30.6 Å². The Kier molecular flexibility index (Phi) is 2.57. The molecule has 2 fully saturated rings. The third kappa shape index (κ3) is 1.69. The number of benzene rings is 1. The average molecular weight is 265 g/mol. The van der Waals surface area contributed by atoms with Crippen LogP contribution in [0.3, 0.4) is 0 Å². The van der Waals surface area contributed by atoms with Crippen molar-refractivity contribution in [3.63, 3.8) is 0 Å². The molecule has 96 valence electrons. The summed E-state index contributed by atoms with van der Waals surface area (Å²) in [4.78, 5) is 12.0. The lowest BCUT2D eigenvalue weighted by Gasteiger charge is -2.05. The molecule has 1 aromatic carbocycles. The number of carbonyl (C=O) groups is 1. The van der Waals surface area contributed by atoms with Crippen molar-refractivity contribution in [1.29, 1.82) is 0 Å². The zero-order valence-corrected chi connectivity index (χ0v) is 11.0. The van der Waals surface area contributed by atoms with Gasteiger partial charge in [-0.3, -0.25) is 4.79 Å². The lowest BCUT2D eigenvalue weighted by Crippen LogP contribution is -2.19. The van der Waals surface area contributed by atoms with Crippen molar-refractivity contribution in [3.8, 4) is 0 Å². The summed E-state index contributed by atoms with van der Waals surface area (Å²) in [5.41, 5.74) is 1.02. The van der Waals surface area contributed by atoms with Gasteiger partial charge < -0.3 is 0 Å². The highest BCUT2D eigenvalue weighted by molar-refractivity contribution is 7.89. The lowest BCUT2D eigenvalue weighted by molar-refractivity contribution is -0.119. The second-order valence-electron chi connectivity index (χ2n) is 5.02. The smallest absolute Gasteiger partial charge is 0.244 e. The van der Waals surface area contributed by atoms with E-state index in [1.165, 1.54) is 4.31 Å². The van der Waals surface area contributed by atoms with Crippen molar-refractivity contribution in [1.82, 2.24) is 4.31 Å². The first kappa shape index (κ1) is 11.9. The average Bonchev–Trinajstić information content (AvgIpc) is 3.06. The molecule has 1 saturated heterocycles. The van der Waals surface area contributed by atoms with Gasteiger partial charge in [0, 0.05) is 12.5 Å². The number of Topliss-reactive ketones (excluding diaryl/α,β-unsaturated/α-hetero) is 1. The monoisotopic (exact) mass is 265 g/mol. The van der Waals surface area contributed by atoms with Gasteiger partial charge in [-0.1, -0.05) is 17.7 Å². The topological polar surface area (TPSA) is 54.2 Å². The van der Waals surface area contributed by atoms with E-state index in [2.05, 4.69) is 0 Å². The number of fused-ring (bicyclic) bond motifs is 1. The van der Waals surface area contributed by atoms with Gasteiger partial charge in [0.2, 0.25) is 10.0 Å². The highest BCUT2D eigenvalue weighted by Gasteiger charge is 2.59. The minimum Gasteiger partial charge on any atom is -0.298 e. The number of rotatable bonds is 2. The second-order valence-corrected chi connectivity index (χ2v) is 6.86. The highest BCUT2D eigenvalue weighted by atomic mass is 32.2. The first-order valence-electron chi connectivity index (χ1n) is 6.15. The zero-order valence-electron chi connectivity index (χ0n) is 10.2. The first-order valence-corrected chi connectivity index (χ1v) is 7.59. The molecule has 1 unspecified atom stereocenters. The third-order valence-corrected chi connectivity index (χ3v) is 5.65. The first-order chi connectivity index (χ1) is 8.51. The Bertz CT molecular complexity index is 591. The van der Waals surface area contributed by atoms with Crippen LogP contribution in [0.4, 0.5) is 0 Å². The number of sulfonamides is 1. The van der Waals surface area contributed by atoms with E-state index in [1.54, 1.807) is 24.3 Å². The maximum Gasteiger partial charge on any atom is 0.244 e. The standard InChI is InChI=1S/C13H15NO3S/c1-9-5-7-10(8-6-9)18(16,17)14-11-3-2-4-12(15)13(11)14/h5-8,11,13H,2-4H2,1H3/t11-,13-,14?/m0/s1. The fourth-order valence-electron chi connectivity index (χ4n) is 2.69. The summed E-state index contributed by atoms with van der Waals surface area (Å²) in [5.74, 6) is 0.0712. The quantitative estimate of drug-likeness (QED) is 0.761. The van der Waals surface area contributed by atoms with E-state index >= 15 is 0 Å². The van der Waals surface area contributed by atoms with E-state index < -0.39 is 10.0 Å². The van der Waals surface area contributed by atoms with Crippen LogP contribution in [0.25, 0.3) is 0 Å². The summed E-state index contributed by atoms with van der Waals surface area (Å²) < 4.78 is 26.2. The van der Waals surface area contributed by atoms with E-state index in [4.69, 9.17) is 0 Å². The van der Waals surface area contributed by atoms with Crippen LogP contribution in [0.1, 0.15) is 24.8 Å². The molecule has 0 bridgehead atoms. The lowest BCUT2D eigenvalue weighted by atomic mass is 10.00. The second kappa shape index (κ2) is 3.90. The van der Waals surface area contributed by atoms with Gasteiger partial charge in [-0.15, -0.1) is 0 Å². The van der Waals surface area contributed by atoms with Crippen LogP contribution in [0, 0.1) is 6.92 Å². The van der Waals surface area contributed by atoms with Crippen LogP contribution in [0.15, 0.2) is 29.2 Å². The van der Waals surface area contributed by atoms with Gasteiger partial charge in [0.1, 0.15) is 6.04 Å². The Labute approximate surface area is 107 Å². The minimum atomic E-state index is -3.49. The van der Waals surface area contributed by atoms with Crippen LogP contribution >= 0.6 is 0 Å². The van der Waals surface area contributed by atoms with Gasteiger partial charge in [-0.2, -0.15) is 4.31 Å². The number of hydrogen-bond acceptors (Lipinski definition) is 3. The van der Waals surface area contributed by atoms with Crippen molar-refractivity contribution in [2.75, 3.05) is 0 Å². The van der Waals surface area contributed by atoms with Crippen LogP contribution < -0.4 is 0 Å². The molecule has 1 heterocycles. The summed E-state index contributed by atoms with van der Waals surface area (Å²) >= 11 is 0. The summed E-state index contributed by atoms with van der Waals surface area (Å²) in [7, 11) is -3.49. The molecule has 1 saturated carbocycles. The predicted octanol–water partition coefficient (Wildman–Crippen LogP) is 1.49. The van der Waals surface area contributed by atoms with Crippen molar-refractivity contribution < 1.29 is 13.2 Å². The number of carbonyl (C=O) groups excluding carboxylic acids is 1. The summed E-state index contributed by atoms with van der Waals surface area (Å²) in [6.07, 6.45) is 2.13. The van der Waals surface area contributed by atoms with E-state index in [9.17, 15) is 13.2 Å². The maximum atomic E-state index is 12.4. The molecule has 1 aliphatic heterocycles. The molecule has 4 nitrogen and oxygen atoms in total. The molecular weight excluding hydrogens is 250 g/mol. The van der Waals surface area contributed by atoms with Crippen LogP contribution in [0.2, 0.25) is 0 Å². The van der Waals surface area contributed by atoms with Gasteiger partial charge >= 0.3 is 0 Å². The summed E-state index contributed by atoms with van der Waals surface area (Å²) in [6.45, 7) is 1.91. The molecule has 1 aromatic rings. The van der Waals surface area contributed by atoms with Crippen LogP contribution in [-0.2, 0) is 14.8 Å². The van der Waals surface area contributed by atoms with E-state index in [1.807, 2.05) is 6.92 Å². The molecule has 0 amide bonds. The van der Waals surface area contributed by atoms with Crippen molar-refractivity contribution in [2.45, 2.75) is 43.2 Å². The summed E-state index contributed by atoms with van der Waals surface area (Å²) in [6, 6.07) is 6.31. The minimum absolute atomic E-state index is 0.0712. The van der Waals surface area contributed by atoms with Gasteiger partial charge in [-0.25, -0.2) is 8.42 Å². The molecule has 5 heteroatoms. The van der Waals surface area contributed by atoms with Gasteiger partial charge in [0.05, 0.1) is 4.90 Å². The van der Waals surface area contributed by atoms with Gasteiger partial charge in [0.15, 0.2) is 5.78 Å². The molecule has 0 aromatic heterocycles. The molecule has 18 heavy (non-hydrogen) atoms. The zero-order chi connectivity index (χ0) is 12.9. The SMILES string of the molecule is Cc1ccc(S(=O)(=O)N2[C@@H]3C(=O)CCC[C@@H]32)cc1. The molecular formula is C13H15NO3S. The fourth-order valence-corrected chi connectivity index (χ4v) is 4.50. The fraction of sp³-hybridized carbons (Fsp3) is 0.462. The Hall–Kier alpha value is -1.20. The van der Waals surface area contributed by atoms with Crippen molar-refractivity contribution >= 4 is 15.8 Å². The number of hydrogen-bond donors (Lipinski definition) is 0. The molecule has 0 radical (unpaired) electrons. The Morgan fingerprint density at radius 3 is 2.50 bits per heavy atom. The van der Waals surface area contributed by atoms with Crippen LogP contribution in [0.5, 0.6) is 0 Å². The van der Waals surface area contributed by atoms with E-state index in [0.717, 1.165) is 18.4 Å². The van der Waals surface area contributed by atoms with Crippen molar-refractivity contribution in [2.24, 2.45) is 0 Å². The Balaban J connectivity index is 1.93. The molecule has 0 N–H and O–H groups in total. The van der Waals surface area contributed by atoms with E-state index in [-0.39, 0.29) is 22.8 Å².